The van der Waals surface area contributed by atoms with E-state index in [-0.39, 0.29) is 6.03 Å². The van der Waals surface area contributed by atoms with Crippen molar-refractivity contribution in [1.29, 1.82) is 0 Å². The number of carbonyl (C=O) groups is 1. The van der Waals surface area contributed by atoms with Crippen molar-refractivity contribution < 1.29 is 18.8 Å². The highest BCUT2D eigenvalue weighted by Crippen LogP contribution is 2.38. The Morgan fingerprint density at radius 2 is 1.81 bits per heavy atom. The summed E-state index contributed by atoms with van der Waals surface area (Å²) in [5.74, 6) is 2.21. The van der Waals surface area contributed by atoms with Gasteiger partial charge in [0.1, 0.15) is 11.5 Å². The molecule has 1 aromatic heterocycles. The number of nitrogens with zero attached hydrogens (tertiary/aromatic N) is 3. The Morgan fingerprint density at radius 3 is 2.53 bits per heavy atom. The highest BCUT2D eigenvalue weighted by atomic mass is 16.5. The molecule has 1 aliphatic heterocycles. The molecule has 2 heterocycles. The SMILES string of the molecule is CCCN1C(=O)NC(c2cccc(OC)c2)C(c2nc(-c3cccc(OC)c3)no2)=C1C. The van der Waals surface area contributed by atoms with Crippen molar-refractivity contribution in [3.05, 3.63) is 65.7 Å². The molecule has 0 saturated heterocycles. The monoisotopic (exact) mass is 434 g/mol. The molecule has 32 heavy (non-hydrogen) atoms. The average molecular weight is 434 g/mol. The van der Waals surface area contributed by atoms with Gasteiger partial charge in [-0.25, -0.2) is 4.79 Å². The zero-order chi connectivity index (χ0) is 22.7. The molecule has 8 heteroatoms. The molecule has 0 spiro atoms. The van der Waals surface area contributed by atoms with E-state index in [9.17, 15) is 4.79 Å². The second kappa shape index (κ2) is 9.13. The summed E-state index contributed by atoms with van der Waals surface area (Å²) in [7, 11) is 3.22. The van der Waals surface area contributed by atoms with E-state index in [1.165, 1.54) is 0 Å². The highest BCUT2D eigenvalue weighted by molar-refractivity contribution is 5.87. The number of amides is 2. The van der Waals surface area contributed by atoms with Crippen molar-refractivity contribution in [3.63, 3.8) is 0 Å². The number of methoxy groups -OCH3 is 2. The molecule has 0 aliphatic carbocycles. The van der Waals surface area contributed by atoms with Crippen LogP contribution in [0.15, 0.2) is 58.8 Å². The molecule has 0 saturated carbocycles. The summed E-state index contributed by atoms with van der Waals surface area (Å²) in [6.45, 7) is 4.52. The van der Waals surface area contributed by atoms with Crippen molar-refractivity contribution in [3.8, 4) is 22.9 Å². The number of carbonyl (C=O) groups excluding carboxylic acids is 1. The van der Waals surface area contributed by atoms with Crippen molar-refractivity contribution >= 4 is 11.6 Å². The molecule has 2 amide bonds. The predicted octanol–water partition coefficient (Wildman–Crippen LogP) is 4.66. The normalized spacial score (nSPS) is 16.2. The van der Waals surface area contributed by atoms with E-state index in [2.05, 4.69) is 15.5 Å². The Bertz CT molecular complexity index is 1150. The summed E-state index contributed by atoms with van der Waals surface area (Å²) >= 11 is 0. The molecule has 4 rings (SSSR count). The molecule has 0 bridgehead atoms. The smallest absolute Gasteiger partial charge is 0.322 e. The number of benzene rings is 2. The van der Waals surface area contributed by atoms with Gasteiger partial charge in [-0.05, 0) is 43.2 Å². The molecular weight excluding hydrogens is 408 g/mol. The van der Waals surface area contributed by atoms with Crippen molar-refractivity contribution in [2.75, 3.05) is 20.8 Å². The van der Waals surface area contributed by atoms with Crippen LogP contribution in [0.1, 0.15) is 37.8 Å². The predicted molar refractivity (Wildman–Crippen MR) is 120 cm³/mol. The molecule has 1 atom stereocenters. The van der Waals surface area contributed by atoms with Gasteiger partial charge in [-0.2, -0.15) is 4.98 Å². The van der Waals surface area contributed by atoms with Gasteiger partial charge < -0.3 is 19.3 Å². The third-order valence-corrected chi connectivity index (χ3v) is 5.46. The van der Waals surface area contributed by atoms with Crippen LogP contribution in [0.2, 0.25) is 0 Å². The lowest BCUT2D eigenvalue weighted by atomic mass is 9.94. The van der Waals surface area contributed by atoms with E-state index < -0.39 is 6.04 Å². The Kier molecular flexibility index (Phi) is 6.11. The second-order valence-corrected chi connectivity index (χ2v) is 7.46. The number of urea groups is 1. The van der Waals surface area contributed by atoms with E-state index in [4.69, 9.17) is 14.0 Å². The maximum atomic E-state index is 12.9. The second-order valence-electron chi connectivity index (χ2n) is 7.46. The third kappa shape index (κ3) is 4.03. The first-order valence-electron chi connectivity index (χ1n) is 10.5. The van der Waals surface area contributed by atoms with Crippen LogP contribution >= 0.6 is 0 Å². The zero-order valence-corrected chi connectivity index (χ0v) is 18.6. The molecule has 3 aromatic rings. The number of allylic oxidation sites excluding steroid dienone is 1. The number of aromatic nitrogens is 2. The Morgan fingerprint density at radius 1 is 1.09 bits per heavy atom. The summed E-state index contributed by atoms with van der Waals surface area (Å²) in [6.07, 6.45) is 0.820. The molecular formula is C24H26N4O4. The summed E-state index contributed by atoms with van der Waals surface area (Å²) in [5, 5.41) is 7.28. The lowest BCUT2D eigenvalue weighted by Crippen LogP contribution is -2.46. The minimum absolute atomic E-state index is 0.159. The summed E-state index contributed by atoms with van der Waals surface area (Å²) in [4.78, 5) is 19.3. The average Bonchev–Trinajstić information content (AvgIpc) is 3.31. The Labute approximate surface area is 186 Å². The molecule has 0 radical (unpaired) electrons. The fourth-order valence-electron chi connectivity index (χ4n) is 3.83. The van der Waals surface area contributed by atoms with Crippen LogP contribution in [0.5, 0.6) is 11.5 Å². The van der Waals surface area contributed by atoms with Gasteiger partial charge in [0.15, 0.2) is 0 Å². The minimum atomic E-state index is -0.454. The Hall–Kier alpha value is -3.81. The molecule has 1 unspecified atom stereocenters. The van der Waals surface area contributed by atoms with Gasteiger partial charge in [0.2, 0.25) is 5.82 Å². The van der Waals surface area contributed by atoms with Crippen molar-refractivity contribution in [2.24, 2.45) is 0 Å². The highest BCUT2D eigenvalue weighted by Gasteiger charge is 2.35. The summed E-state index contributed by atoms with van der Waals surface area (Å²) in [6, 6.07) is 14.4. The van der Waals surface area contributed by atoms with E-state index >= 15 is 0 Å². The number of rotatable bonds is 7. The molecule has 0 fully saturated rings. The fourth-order valence-corrected chi connectivity index (χ4v) is 3.83. The van der Waals surface area contributed by atoms with Gasteiger partial charge >= 0.3 is 6.03 Å². The molecule has 2 aromatic carbocycles. The third-order valence-electron chi connectivity index (χ3n) is 5.46. The number of hydrogen-bond acceptors (Lipinski definition) is 6. The van der Waals surface area contributed by atoms with E-state index in [0.29, 0.717) is 29.8 Å². The van der Waals surface area contributed by atoms with Crippen molar-refractivity contribution in [1.82, 2.24) is 20.4 Å². The van der Waals surface area contributed by atoms with E-state index in [1.54, 1.807) is 19.1 Å². The van der Waals surface area contributed by atoms with Crippen LogP contribution in [0.4, 0.5) is 4.79 Å². The van der Waals surface area contributed by atoms with Crippen LogP contribution in [0.3, 0.4) is 0 Å². The standard InChI is InChI=1S/C24H26N4O4/c1-5-12-28-15(2)20(21(25-24(28)29)16-8-6-10-18(13-16)30-3)23-26-22(27-32-23)17-9-7-11-19(14-17)31-4/h6-11,13-14,21H,5,12H2,1-4H3,(H,25,29). The van der Waals surface area contributed by atoms with Gasteiger partial charge in [-0.15, -0.1) is 0 Å². The summed E-state index contributed by atoms with van der Waals surface area (Å²) in [5.41, 5.74) is 3.18. The largest absolute Gasteiger partial charge is 0.497 e. The van der Waals surface area contributed by atoms with Gasteiger partial charge in [-0.1, -0.05) is 36.3 Å². The topological polar surface area (TPSA) is 89.7 Å². The maximum Gasteiger partial charge on any atom is 0.322 e. The van der Waals surface area contributed by atoms with Crippen LogP contribution in [-0.4, -0.2) is 41.8 Å². The fraction of sp³-hybridized carbons (Fsp3) is 0.292. The Balaban J connectivity index is 1.81. The lowest BCUT2D eigenvalue weighted by molar-refractivity contribution is 0.205. The van der Waals surface area contributed by atoms with Crippen molar-refractivity contribution in [2.45, 2.75) is 26.3 Å². The quantitative estimate of drug-likeness (QED) is 0.582. The van der Waals surface area contributed by atoms with Crippen LogP contribution in [-0.2, 0) is 0 Å². The lowest BCUT2D eigenvalue weighted by Gasteiger charge is -2.35. The first kappa shape index (κ1) is 21.4. The van der Waals surface area contributed by atoms with Gasteiger partial charge in [-0.3, -0.25) is 4.90 Å². The van der Waals surface area contributed by atoms with Crippen LogP contribution < -0.4 is 14.8 Å². The maximum absolute atomic E-state index is 12.9. The molecule has 166 valence electrons. The van der Waals surface area contributed by atoms with Crippen LogP contribution in [0.25, 0.3) is 17.0 Å². The first-order chi connectivity index (χ1) is 15.5. The number of hydrogen-bond donors (Lipinski definition) is 1. The first-order valence-corrected chi connectivity index (χ1v) is 10.5. The van der Waals surface area contributed by atoms with Crippen LogP contribution in [0, 0.1) is 0 Å². The molecule has 1 N–H and O–H groups in total. The van der Waals surface area contributed by atoms with E-state index in [1.807, 2.05) is 62.4 Å². The summed E-state index contributed by atoms with van der Waals surface area (Å²) < 4.78 is 16.4. The zero-order valence-electron chi connectivity index (χ0n) is 18.6. The molecule has 8 nitrogen and oxygen atoms in total. The minimum Gasteiger partial charge on any atom is -0.497 e. The van der Waals surface area contributed by atoms with Gasteiger partial charge in [0.25, 0.3) is 5.89 Å². The number of nitrogens with one attached hydrogen (secondary N) is 1. The van der Waals surface area contributed by atoms with Gasteiger partial charge in [0.05, 0.1) is 25.8 Å². The molecule has 1 aliphatic rings. The van der Waals surface area contributed by atoms with Gasteiger partial charge in [0, 0.05) is 17.8 Å². The van der Waals surface area contributed by atoms with E-state index in [0.717, 1.165) is 28.8 Å². The number of ether oxygens (including phenoxy) is 2.